The fourth-order valence-electron chi connectivity index (χ4n) is 8.15. The molecule has 3 fully saturated rings. The molecule has 0 spiro atoms. The van der Waals surface area contributed by atoms with E-state index in [4.69, 9.17) is 47.4 Å². The topological polar surface area (TPSA) is 386 Å². The molecule has 3 saturated heterocycles. The van der Waals surface area contributed by atoms with E-state index in [-0.39, 0.29) is 29.7 Å². The van der Waals surface area contributed by atoms with Gasteiger partial charge in [0.2, 0.25) is 6.29 Å². The summed E-state index contributed by atoms with van der Waals surface area (Å²) in [5.74, 6) is -6.42. The van der Waals surface area contributed by atoms with Crippen LogP contribution in [0.5, 0.6) is 23.0 Å². The van der Waals surface area contributed by atoms with Gasteiger partial charge in [0.05, 0.1) is 51.3 Å². The molecule has 4 heterocycles. The Morgan fingerprint density at radius 3 is 1.96 bits per heavy atom. The number of aliphatic hydroxyl groups excluding tert-OH is 8. The largest absolute Gasteiger partial charge is 0.504 e. The van der Waals surface area contributed by atoms with Crippen LogP contribution in [0.3, 0.4) is 0 Å². The summed E-state index contributed by atoms with van der Waals surface area (Å²) < 4.78 is 57.9. The zero-order valence-electron chi connectivity index (χ0n) is 38.3. The zero-order valence-corrected chi connectivity index (χ0v) is 38.3. The van der Waals surface area contributed by atoms with E-state index < -0.39 is 165 Å². The maximum absolute atomic E-state index is 14.5. The van der Waals surface area contributed by atoms with E-state index in [9.17, 15) is 75.7 Å². The third-order valence-electron chi connectivity index (χ3n) is 12.1. The minimum atomic E-state index is -2.00. The Balaban J connectivity index is 1.35. The number of aliphatic hydroxyl groups is 8. The van der Waals surface area contributed by atoms with Crippen LogP contribution in [0.15, 0.2) is 66.0 Å². The fraction of sp³-hybridized carbons (Fsp3) is 0.543. The van der Waals surface area contributed by atoms with Crippen LogP contribution < -0.4 is 0 Å². The summed E-state index contributed by atoms with van der Waals surface area (Å²) in [4.78, 5) is 41.3. The lowest BCUT2D eigenvalue weighted by Gasteiger charge is -2.47. The molecule has 25 nitrogen and oxygen atoms in total. The van der Waals surface area contributed by atoms with Crippen molar-refractivity contribution in [2.24, 2.45) is 5.92 Å². The second-order valence-corrected chi connectivity index (χ2v) is 16.8. The monoisotopic (exact) mass is 1010 g/mol. The van der Waals surface area contributed by atoms with Crippen LogP contribution in [-0.2, 0) is 68.2 Å². The summed E-state index contributed by atoms with van der Waals surface area (Å²) in [6.07, 6.45) is -24.0. The van der Waals surface area contributed by atoms with E-state index in [2.05, 4.69) is 0 Å². The van der Waals surface area contributed by atoms with E-state index >= 15 is 0 Å². The van der Waals surface area contributed by atoms with Gasteiger partial charge in [-0.2, -0.15) is 0 Å². The minimum absolute atomic E-state index is 0.0155. The molecule has 0 radical (unpaired) electrons. The van der Waals surface area contributed by atoms with Crippen LogP contribution in [0.25, 0.3) is 6.08 Å². The number of phenolic OH excluding ortho intramolecular Hbond substituents is 4. The van der Waals surface area contributed by atoms with Crippen LogP contribution in [0.4, 0.5) is 0 Å². The molecular weight excluding hydrogens is 952 g/mol. The minimum Gasteiger partial charge on any atom is -0.504 e. The lowest BCUT2D eigenvalue weighted by Crippen LogP contribution is -2.65. The van der Waals surface area contributed by atoms with Crippen LogP contribution in [-0.4, -0.2) is 205 Å². The highest BCUT2D eigenvalue weighted by molar-refractivity contribution is 5.91. The standard InChI is InChI=1S/C46H58O25/c1-4-22-23(24(42(61)62-3)18-64-43(22)71-45-38(60)36(58)34(56)29(16-47)66-45)15-32(54)69-41-40(70-44-37(59)35(57)33(55)19(2)65-44)39(68-31(53)10-7-20-5-8-25(49)27(51)13-20)30(17-48)67-46(41)63-12-11-21-6-9-26(50)28(52)14-21/h4-10,13-14,18-19,23,29-30,33-41,43-52,55-60H,11-12,15-17H2,1-3H3/b10-7+,22-4+/t19-,23-,29+,30+,33-,34+,35+,36-,37+,38+,39+,40-,41+,43-,44-,45-,46+/m0/s1. The number of methoxy groups -OCH3 is 1. The van der Waals surface area contributed by atoms with Gasteiger partial charge in [-0.1, -0.05) is 18.2 Å². The highest BCUT2D eigenvalue weighted by Gasteiger charge is 2.55. The van der Waals surface area contributed by atoms with Gasteiger partial charge < -0.3 is 109 Å². The number of carbonyl (C=O) groups is 3. The summed E-state index contributed by atoms with van der Waals surface area (Å²) in [6.45, 7) is 0.814. The van der Waals surface area contributed by atoms with Crippen molar-refractivity contribution < 1.29 is 123 Å². The molecule has 4 aliphatic heterocycles. The van der Waals surface area contributed by atoms with Crippen molar-refractivity contribution in [2.75, 3.05) is 26.9 Å². The maximum Gasteiger partial charge on any atom is 0.337 e. The van der Waals surface area contributed by atoms with Crippen molar-refractivity contribution in [3.05, 3.63) is 77.1 Å². The second kappa shape index (κ2) is 24.3. The first-order valence-corrected chi connectivity index (χ1v) is 22.2. The highest BCUT2D eigenvalue weighted by Crippen LogP contribution is 2.39. The van der Waals surface area contributed by atoms with Gasteiger partial charge in [-0.3, -0.25) is 4.79 Å². The molecule has 0 aliphatic carbocycles. The SMILES string of the molecule is C/C=C1/[C@H](O[C@@H]2O[C@H](CO)[C@@H](O)[C@H](O)[C@H]2O)OC=C(C(=O)OC)[C@H]1CC(=O)O[C@H]1[C@H](OCCc2ccc(O)c(O)c2)O[C@H](CO)[C@@H](OC(=O)/C=C/c2ccc(O)c(O)c2)[C@@H]1O[C@@H]1O[C@@H](C)[C@H](O)[C@@H](O)[C@H]1O. The number of ether oxygens (including phenoxy) is 10. The van der Waals surface area contributed by atoms with Crippen LogP contribution in [0.2, 0.25) is 0 Å². The molecule has 2 aromatic carbocycles. The van der Waals surface area contributed by atoms with Crippen molar-refractivity contribution in [3.63, 3.8) is 0 Å². The smallest absolute Gasteiger partial charge is 0.337 e. The van der Waals surface area contributed by atoms with E-state index in [0.29, 0.717) is 5.56 Å². The first-order valence-electron chi connectivity index (χ1n) is 22.2. The van der Waals surface area contributed by atoms with Gasteiger partial charge in [0.25, 0.3) is 0 Å². The first kappa shape index (κ1) is 54.8. The summed E-state index contributed by atoms with van der Waals surface area (Å²) in [6, 6.07) is 7.59. The number of hydrogen-bond acceptors (Lipinski definition) is 25. The molecule has 12 N–H and O–H groups in total. The quantitative estimate of drug-likeness (QED) is 0.0261. The number of aromatic hydroxyl groups is 4. The van der Waals surface area contributed by atoms with E-state index in [1.54, 1.807) is 0 Å². The predicted molar refractivity (Wildman–Crippen MR) is 233 cm³/mol. The molecule has 0 bridgehead atoms. The normalized spacial score (nSPS) is 34.8. The summed E-state index contributed by atoms with van der Waals surface area (Å²) in [5, 5.41) is 124. The van der Waals surface area contributed by atoms with Gasteiger partial charge in [-0.05, 0) is 61.7 Å². The Labute approximate surface area is 404 Å². The Morgan fingerprint density at radius 2 is 1.32 bits per heavy atom. The lowest BCUT2D eigenvalue weighted by atomic mass is 9.86. The number of carbonyl (C=O) groups excluding carboxylic acids is 3. The van der Waals surface area contributed by atoms with Crippen molar-refractivity contribution in [1.82, 2.24) is 0 Å². The Kier molecular flexibility index (Phi) is 18.8. The third-order valence-corrected chi connectivity index (χ3v) is 12.1. The van der Waals surface area contributed by atoms with Gasteiger partial charge in [0.1, 0.15) is 54.9 Å². The van der Waals surface area contributed by atoms with Crippen molar-refractivity contribution >= 4 is 24.0 Å². The molecule has 25 heteroatoms. The Bertz CT molecular complexity index is 2250. The average molecular weight is 1010 g/mol. The van der Waals surface area contributed by atoms with Gasteiger partial charge in [-0.15, -0.1) is 0 Å². The molecule has 4 aliphatic rings. The average Bonchev–Trinajstić information content (AvgIpc) is 3.35. The van der Waals surface area contributed by atoms with Gasteiger partial charge in [0, 0.05) is 17.6 Å². The molecule has 0 saturated carbocycles. The molecule has 71 heavy (non-hydrogen) atoms. The first-order chi connectivity index (χ1) is 33.8. The van der Waals surface area contributed by atoms with E-state index in [0.717, 1.165) is 31.6 Å². The number of rotatable bonds is 17. The number of allylic oxidation sites excluding steroid dienone is 1. The number of hydrogen-bond donors (Lipinski definition) is 12. The zero-order chi connectivity index (χ0) is 51.8. The molecule has 0 aromatic heterocycles. The van der Waals surface area contributed by atoms with Crippen molar-refractivity contribution in [2.45, 2.75) is 125 Å². The maximum atomic E-state index is 14.5. The summed E-state index contributed by atoms with van der Waals surface area (Å²) in [7, 11) is 1.05. The number of benzene rings is 2. The van der Waals surface area contributed by atoms with Gasteiger partial charge in [-0.25, -0.2) is 9.59 Å². The van der Waals surface area contributed by atoms with Gasteiger partial charge in [0.15, 0.2) is 54.1 Å². The molecule has 0 amide bonds. The molecular formula is C46H58O25. The van der Waals surface area contributed by atoms with Crippen LogP contribution in [0.1, 0.15) is 31.4 Å². The summed E-state index contributed by atoms with van der Waals surface area (Å²) in [5.41, 5.74) is 0.435. The second-order valence-electron chi connectivity index (χ2n) is 16.8. The fourth-order valence-corrected chi connectivity index (χ4v) is 8.15. The predicted octanol–water partition coefficient (Wildman–Crippen LogP) is -2.28. The van der Waals surface area contributed by atoms with Crippen molar-refractivity contribution in [3.8, 4) is 23.0 Å². The number of esters is 3. The molecule has 17 atom stereocenters. The highest BCUT2D eigenvalue weighted by atomic mass is 16.8. The molecule has 0 unspecified atom stereocenters. The molecule has 6 rings (SSSR count). The Morgan fingerprint density at radius 1 is 0.690 bits per heavy atom. The molecule has 2 aromatic rings. The van der Waals surface area contributed by atoms with Crippen LogP contribution in [0, 0.1) is 5.92 Å². The van der Waals surface area contributed by atoms with Crippen molar-refractivity contribution in [1.29, 1.82) is 0 Å². The third kappa shape index (κ3) is 12.8. The summed E-state index contributed by atoms with van der Waals surface area (Å²) >= 11 is 0. The van der Waals surface area contributed by atoms with E-state index in [1.807, 2.05) is 0 Å². The van der Waals surface area contributed by atoms with Crippen LogP contribution >= 0.6 is 0 Å². The van der Waals surface area contributed by atoms with Gasteiger partial charge >= 0.3 is 17.9 Å². The molecule has 392 valence electrons. The lowest BCUT2D eigenvalue weighted by molar-refractivity contribution is -0.358. The Hall–Kier alpha value is -5.49. The van der Waals surface area contributed by atoms with E-state index in [1.165, 1.54) is 50.3 Å². The number of phenols is 4.